The van der Waals surface area contributed by atoms with E-state index in [0.29, 0.717) is 21.8 Å². The standard InChI is InChI=1S/C23H17ClN4O4/c1-13-16(24)8-5-9-17(13)26-23(30)19-18-10-2-3-11-27(18)21(20(19)25)22(29)14-6-4-7-15(12-14)28(31)32/h2-12H,25H2,1H3,(H,26,30). The lowest BCUT2D eigenvalue weighted by Crippen LogP contribution is -2.15. The lowest BCUT2D eigenvalue weighted by molar-refractivity contribution is -0.384. The molecule has 0 atom stereocenters. The molecule has 0 radical (unpaired) electrons. The molecule has 0 saturated carbocycles. The van der Waals surface area contributed by atoms with Crippen LogP contribution < -0.4 is 11.1 Å². The van der Waals surface area contributed by atoms with Gasteiger partial charge in [-0.3, -0.25) is 19.7 Å². The van der Waals surface area contributed by atoms with Gasteiger partial charge < -0.3 is 15.5 Å². The third-order valence-corrected chi connectivity index (χ3v) is 5.57. The van der Waals surface area contributed by atoms with Crippen LogP contribution in [0.4, 0.5) is 17.1 Å². The highest BCUT2D eigenvalue weighted by atomic mass is 35.5. The van der Waals surface area contributed by atoms with Gasteiger partial charge in [-0.15, -0.1) is 0 Å². The third kappa shape index (κ3) is 3.57. The van der Waals surface area contributed by atoms with E-state index in [0.717, 1.165) is 0 Å². The predicted octanol–water partition coefficient (Wildman–Crippen LogP) is 4.87. The van der Waals surface area contributed by atoms with Crippen LogP contribution in [-0.2, 0) is 0 Å². The molecule has 160 valence electrons. The average molecular weight is 449 g/mol. The zero-order chi connectivity index (χ0) is 23.0. The Balaban J connectivity index is 1.83. The zero-order valence-electron chi connectivity index (χ0n) is 16.8. The molecule has 0 saturated heterocycles. The van der Waals surface area contributed by atoms with Gasteiger partial charge in [-0.25, -0.2) is 0 Å². The number of nitrogens with two attached hydrogens (primary N) is 1. The number of anilines is 2. The Bertz CT molecular complexity index is 1410. The van der Waals surface area contributed by atoms with Crippen LogP contribution in [0.2, 0.25) is 5.02 Å². The van der Waals surface area contributed by atoms with Gasteiger partial charge >= 0.3 is 0 Å². The van der Waals surface area contributed by atoms with E-state index in [9.17, 15) is 19.7 Å². The number of carbonyl (C=O) groups is 2. The predicted molar refractivity (Wildman–Crippen MR) is 122 cm³/mol. The summed E-state index contributed by atoms with van der Waals surface area (Å²) in [6, 6.07) is 15.6. The molecule has 3 N–H and O–H groups in total. The molecule has 4 aromatic rings. The first-order valence-electron chi connectivity index (χ1n) is 9.53. The maximum atomic E-state index is 13.3. The molecule has 2 aromatic carbocycles. The number of carbonyl (C=O) groups excluding carboxylic acids is 2. The average Bonchev–Trinajstić information content (AvgIpc) is 3.08. The first-order chi connectivity index (χ1) is 15.3. The fourth-order valence-electron chi connectivity index (χ4n) is 3.52. The number of nitrogens with one attached hydrogen (secondary N) is 1. The van der Waals surface area contributed by atoms with Crippen molar-refractivity contribution in [2.45, 2.75) is 6.92 Å². The number of ketones is 1. The topological polar surface area (TPSA) is 120 Å². The van der Waals surface area contributed by atoms with Crippen LogP contribution in [0.25, 0.3) is 5.52 Å². The molecule has 2 heterocycles. The number of nitro benzene ring substituents is 1. The van der Waals surface area contributed by atoms with Crippen LogP contribution in [0.5, 0.6) is 0 Å². The molecule has 0 fully saturated rings. The summed E-state index contributed by atoms with van der Waals surface area (Å²) in [5, 5.41) is 14.4. The largest absolute Gasteiger partial charge is 0.396 e. The van der Waals surface area contributed by atoms with Crippen LogP contribution in [0.15, 0.2) is 66.9 Å². The number of nitrogens with zero attached hydrogens (tertiary/aromatic N) is 2. The van der Waals surface area contributed by atoms with Crippen molar-refractivity contribution in [3.8, 4) is 0 Å². The van der Waals surface area contributed by atoms with E-state index >= 15 is 0 Å². The Morgan fingerprint density at radius 3 is 2.59 bits per heavy atom. The molecule has 0 spiro atoms. The number of fused-ring (bicyclic) bond motifs is 1. The summed E-state index contributed by atoms with van der Waals surface area (Å²) in [4.78, 5) is 37.0. The summed E-state index contributed by atoms with van der Waals surface area (Å²) < 4.78 is 1.51. The maximum Gasteiger partial charge on any atom is 0.270 e. The van der Waals surface area contributed by atoms with Gasteiger partial charge in [-0.1, -0.05) is 35.9 Å². The second-order valence-electron chi connectivity index (χ2n) is 7.10. The van der Waals surface area contributed by atoms with Crippen LogP contribution >= 0.6 is 11.6 Å². The monoisotopic (exact) mass is 448 g/mol. The molecule has 32 heavy (non-hydrogen) atoms. The Morgan fingerprint density at radius 2 is 1.84 bits per heavy atom. The number of aromatic nitrogens is 1. The molecule has 1 amide bonds. The molecule has 0 aliphatic rings. The highest BCUT2D eigenvalue weighted by Crippen LogP contribution is 2.31. The van der Waals surface area contributed by atoms with Crippen molar-refractivity contribution in [3.05, 3.63) is 104 Å². The van der Waals surface area contributed by atoms with E-state index in [4.69, 9.17) is 17.3 Å². The molecular weight excluding hydrogens is 432 g/mol. The number of benzene rings is 2. The summed E-state index contributed by atoms with van der Waals surface area (Å²) in [7, 11) is 0. The van der Waals surface area contributed by atoms with E-state index in [1.54, 1.807) is 49.5 Å². The van der Waals surface area contributed by atoms with Crippen molar-refractivity contribution in [1.82, 2.24) is 4.40 Å². The molecule has 0 aliphatic heterocycles. The number of nitrogen functional groups attached to an aromatic ring is 1. The molecule has 0 bridgehead atoms. The fourth-order valence-corrected chi connectivity index (χ4v) is 3.70. The van der Waals surface area contributed by atoms with Crippen molar-refractivity contribution in [3.63, 3.8) is 0 Å². The summed E-state index contributed by atoms with van der Waals surface area (Å²) in [5.41, 5.74) is 7.97. The fraction of sp³-hybridized carbons (Fsp3) is 0.0435. The first-order valence-corrected chi connectivity index (χ1v) is 9.91. The Kier molecular flexibility index (Phi) is 5.38. The van der Waals surface area contributed by atoms with Crippen molar-refractivity contribution in [2.75, 3.05) is 11.1 Å². The molecule has 4 rings (SSSR count). The van der Waals surface area contributed by atoms with E-state index in [2.05, 4.69) is 5.32 Å². The molecule has 0 aliphatic carbocycles. The normalized spacial score (nSPS) is 10.8. The quantitative estimate of drug-likeness (QED) is 0.256. The van der Waals surface area contributed by atoms with Gasteiger partial charge in [-0.05, 0) is 36.8 Å². The Labute approximate surface area is 187 Å². The van der Waals surface area contributed by atoms with Gasteiger partial charge in [0.2, 0.25) is 5.78 Å². The van der Waals surface area contributed by atoms with Crippen molar-refractivity contribution in [1.29, 1.82) is 0 Å². The molecule has 2 aromatic heterocycles. The highest BCUT2D eigenvalue weighted by Gasteiger charge is 2.27. The van der Waals surface area contributed by atoms with Crippen molar-refractivity contribution >= 4 is 45.9 Å². The van der Waals surface area contributed by atoms with E-state index in [1.165, 1.54) is 28.7 Å². The number of hydrogen-bond acceptors (Lipinski definition) is 5. The number of hydrogen-bond donors (Lipinski definition) is 2. The molecule has 9 heteroatoms. The van der Waals surface area contributed by atoms with E-state index in [-0.39, 0.29) is 28.2 Å². The van der Waals surface area contributed by atoms with Crippen LogP contribution in [0, 0.1) is 17.0 Å². The summed E-state index contributed by atoms with van der Waals surface area (Å²) in [6.07, 6.45) is 1.61. The minimum absolute atomic E-state index is 0.0233. The van der Waals surface area contributed by atoms with E-state index in [1.807, 2.05) is 0 Å². The molecule has 8 nitrogen and oxygen atoms in total. The zero-order valence-corrected chi connectivity index (χ0v) is 17.6. The number of halogens is 1. The van der Waals surface area contributed by atoms with Gasteiger partial charge in [0.25, 0.3) is 11.6 Å². The Hall–Kier alpha value is -4.17. The first kappa shape index (κ1) is 21.1. The van der Waals surface area contributed by atoms with Crippen LogP contribution in [0.1, 0.15) is 32.0 Å². The van der Waals surface area contributed by atoms with Gasteiger partial charge in [0.15, 0.2) is 0 Å². The van der Waals surface area contributed by atoms with Gasteiger partial charge in [0.1, 0.15) is 5.69 Å². The number of amides is 1. The second-order valence-corrected chi connectivity index (χ2v) is 7.50. The maximum absolute atomic E-state index is 13.3. The summed E-state index contributed by atoms with van der Waals surface area (Å²) in [5.74, 6) is -1.04. The number of pyridine rings is 1. The molecule has 0 unspecified atom stereocenters. The van der Waals surface area contributed by atoms with Gasteiger partial charge in [0, 0.05) is 34.6 Å². The molecular formula is C23H17ClN4O4. The van der Waals surface area contributed by atoms with Crippen LogP contribution in [0.3, 0.4) is 0 Å². The summed E-state index contributed by atoms with van der Waals surface area (Å²) >= 11 is 6.15. The second kappa shape index (κ2) is 8.16. The number of nitro groups is 1. The summed E-state index contributed by atoms with van der Waals surface area (Å²) in [6.45, 7) is 1.77. The SMILES string of the molecule is Cc1c(Cl)cccc1NC(=O)c1c(N)c(C(=O)c2cccc([N+](=O)[O-])c2)n2ccccc12. The van der Waals surface area contributed by atoms with E-state index < -0.39 is 16.6 Å². The number of rotatable bonds is 5. The highest BCUT2D eigenvalue weighted by molar-refractivity contribution is 6.32. The minimum atomic E-state index is -0.581. The van der Waals surface area contributed by atoms with Gasteiger partial charge in [-0.2, -0.15) is 0 Å². The smallest absolute Gasteiger partial charge is 0.270 e. The van der Waals surface area contributed by atoms with Crippen LogP contribution in [-0.4, -0.2) is 21.0 Å². The Morgan fingerprint density at radius 1 is 1.09 bits per heavy atom. The lowest BCUT2D eigenvalue weighted by atomic mass is 10.1. The minimum Gasteiger partial charge on any atom is -0.396 e. The van der Waals surface area contributed by atoms with Crippen molar-refractivity contribution < 1.29 is 14.5 Å². The van der Waals surface area contributed by atoms with Gasteiger partial charge in [0.05, 0.1) is 21.7 Å². The third-order valence-electron chi connectivity index (χ3n) is 5.16. The van der Waals surface area contributed by atoms with Crippen molar-refractivity contribution in [2.24, 2.45) is 0 Å². The lowest BCUT2D eigenvalue weighted by Gasteiger charge is -2.09. The number of non-ortho nitro benzene ring substituents is 1.